The number of amides is 2. The molecule has 0 radical (unpaired) electrons. The van der Waals surface area contributed by atoms with Crippen molar-refractivity contribution in [1.82, 2.24) is 9.80 Å². The van der Waals surface area contributed by atoms with Crippen molar-refractivity contribution in [3.05, 3.63) is 66.2 Å². The first kappa shape index (κ1) is 23.4. The van der Waals surface area contributed by atoms with E-state index in [9.17, 15) is 18.6 Å². The Morgan fingerprint density at radius 1 is 0.818 bits per heavy atom. The molecule has 2 aliphatic rings. The van der Waals surface area contributed by atoms with E-state index in [-0.39, 0.29) is 23.4 Å². The minimum atomic E-state index is -1.43. The summed E-state index contributed by atoms with van der Waals surface area (Å²) in [4.78, 5) is 43.2. The number of hydrogen-bond acceptors (Lipinski definition) is 4. The third-order valence-electron chi connectivity index (χ3n) is 6.52. The molecule has 0 aromatic heterocycles. The molecule has 0 aliphatic carbocycles. The Balaban J connectivity index is 1.37. The van der Waals surface area contributed by atoms with E-state index in [1.807, 2.05) is 36.4 Å². The number of hydrogen-bond donors (Lipinski definition) is 0. The van der Waals surface area contributed by atoms with Gasteiger partial charge in [0.05, 0.1) is 22.6 Å². The van der Waals surface area contributed by atoms with Gasteiger partial charge in [0, 0.05) is 24.4 Å². The lowest BCUT2D eigenvalue weighted by Gasteiger charge is -2.31. The molecule has 2 amide bonds. The van der Waals surface area contributed by atoms with Crippen LogP contribution >= 0.6 is 0 Å². The molecule has 0 unspecified atom stereocenters. The van der Waals surface area contributed by atoms with Crippen molar-refractivity contribution in [2.75, 3.05) is 18.8 Å². The minimum absolute atomic E-state index is 0.0121. The highest BCUT2D eigenvalue weighted by atomic mass is 32.2. The van der Waals surface area contributed by atoms with E-state index >= 15 is 0 Å². The van der Waals surface area contributed by atoms with Crippen LogP contribution in [0.25, 0.3) is 0 Å². The number of rotatable bonds is 8. The molecule has 2 saturated heterocycles. The van der Waals surface area contributed by atoms with Gasteiger partial charge in [-0.25, -0.2) is 0 Å². The maximum atomic E-state index is 13.4. The smallest absolute Gasteiger partial charge is 0.245 e. The number of carbonyl (C=O) groups is 3. The zero-order valence-corrected chi connectivity index (χ0v) is 19.5. The quantitative estimate of drug-likeness (QED) is 0.600. The van der Waals surface area contributed by atoms with Crippen molar-refractivity contribution in [2.45, 2.75) is 55.5 Å². The van der Waals surface area contributed by atoms with Crippen LogP contribution in [-0.2, 0) is 31.6 Å². The highest BCUT2D eigenvalue weighted by Crippen LogP contribution is 2.26. The van der Waals surface area contributed by atoms with Gasteiger partial charge in [0.1, 0.15) is 6.04 Å². The van der Waals surface area contributed by atoms with Crippen molar-refractivity contribution in [1.29, 1.82) is 0 Å². The minimum Gasteiger partial charge on any atom is -0.331 e. The lowest BCUT2D eigenvalue weighted by molar-refractivity contribution is -0.146. The molecule has 0 bridgehead atoms. The summed E-state index contributed by atoms with van der Waals surface area (Å²) in [5, 5.41) is 0. The Morgan fingerprint density at radius 2 is 1.42 bits per heavy atom. The molecule has 2 aromatic rings. The van der Waals surface area contributed by atoms with Crippen molar-refractivity contribution in [3.8, 4) is 0 Å². The van der Waals surface area contributed by atoms with Crippen LogP contribution in [0, 0.1) is 0 Å². The molecular weight excluding hydrogens is 436 g/mol. The Morgan fingerprint density at radius 3 is 2.12 bits per heavy atom. The van der Waals surface area contributed by atoms with Gasteiger partial charge in [-0.1, -0.05) is 48.5 Å². The molecular formula is C26H30N2O4S. The summed E-state index contributed by atoms with van der Waals surface area (Å²) >= 11 is 0. The zero-order valence-electron chi connectivity index (χ0n) is 18.7. The van der Waals surface area contributed by atoms with E-state index in [2.05, 4.69) is 0 Å². The highest BCUT2D eigenvalue weighted by molar-refractivity contribution is 7.85. The summed E-state index contributed by atoms with van der Waals surface area (Å²) < 4.78 is 12.6. The lowest BCUT2D eigenvalue weighted by atomic mass is 10.1. The van der Waals surface area contributed by atoms with Gasteiger partial charge < -0.3 is 9.80 Å². The summed E-state index contributed by atoms with van der Waals surface area (Å²) in [6, 6.07) is 17.7. The first-order chi connectivity index (χ1) is 16.0. The van der Waals surface area contributed by atoms with Crippen molar-refractivity contribution in [3.63, 3.8) is 0 Å². The maximum Gasteiger partial charge on any atom is 0.245 e. The number of carbonyl (C=O) groups excluding carboxylic acids is 3. The average Bonchev–Trinajstić information content (AvgIpc) is 3.53. The van der Waals surface area contributed by atoms with Crippen molar-refractivity contribution >= 4 is 28.4 Å². The molecule has 0 saturated carbocycles. The first-order valence-electron chi connectivity index (χ1n) is 11.6. The van der Waals surface area contributed by atoms with Crippen LogP contribution in [0.15, 0.2) is 65.6 Å². The van der Waals surface area contributed by atoms with Gasteiger partial charge >= 0.3 is 0 Å². The van der Waals surface area contributed by atoms with E-state index in [1.54, 1.807) is 34.1 Å². The van der Waals surface area contributed by atoms with Gasteiger partial charge in [-0.05, 0) is 49.8 Å². The predicted octanol–water partition coefficient (Wildman–Crippen LogP) is 2.98. The predicted molar refractivity (Wildman–Crippen MR) is 127 cm³/mol. The fourth-order valence-corrected chi connectivity index (χ4v) is 5.88. The van der Waals surface area contributed by atoms with Gasteiger partial charge in [-0.3, -0.25) is 18.6 Å². The topological polar surface area (TPSA) is 74.8 Å². The van der Waals surface area contributed by atoms with Gasteiger partial charge in [0.25, 0.3) is 0 Å². The number of aryl methyl sites for hydroxylation is 1. The zero-order chi connectivity index (χ0) is 23.2. The number of benzene rings is 2. The van der Waals surface area contributed by atoms with Crippen LogP contribution < -0.4 is 0 Å². The van der Waals surface area contributed by atoms with E-state index in [1.165, 1.54) is 0 Å². The molecule has 2 fully saturated rings. The fourth-order valence-electron chi connectivity index (χ4n) is 4.80. The Hall–Kier alpha value is -2.80. The standard InChI is InChI=1S/C26H30N2O4S/c29-24(19-33(32)21-11-5-2-6-12-21)22-13-7-18-28(22)26(31)23-14-8-17-27(23)25(30)16-15-20-9-3-1-4-10-20/h1-6,9-12,22-23H,7-8,13-19H2/t22-,23-,33-/m0/s1. The fraction of sp³-hybridized carbons (Fsp3) is 0.423. The maximum absolute atomic E-state index is 13.4. The largest absolute Gasteiger partial charge is 0.331 e. The van der Waals surface area contributed by atoms with Crippen LogP contribution in [0.5, 0.6) is 0 Å². The van der Waals surface area contributed by atoms with E-state index < -0.39 is 22.9 Å². The number of Topliss-reactive ketones (excluding diaryl/α,β-unsaturated/α-hetero) is 1. The third-order valence-corrected chi connectivity index (χ3v) is 7.86. The molecule has 7 heteroatoms. The third kappa shape index (κ3) is 5.58. The Bertz CT molecular complexity index is 1010. The lowest BCUT2D eigenvalue weighted by Crippen LogP contribution is -2.51. The summed E-state index contributed by atoms with van der Waals surface area (Å²) in [7, 11) is -1.43. The van der Waals surface area contributed by atoms with Crippen LogP contribution in [-0.4, -0.2) is 62.5 Å². The van der Waals surface area contributed by atoms with Gasteiger partial charge in [0.2, 0.25) is 11.8 Å². The summed E-state index contributed by atoms with van der Waals surface area (Å²) in [5.74, 6) is -0.407. The Kier molecular flexibility index (Phi) is 7.70. The normalized spacial score (nSPS) is 21.2. The van der Waals surface area contributed by atoms with Crippen molar-refractivity contribution < 1.29 is 18.6 Å². The molecule has 2 heterocycles. The number of nitrogens with zero attached hydrogens (tertiary/aromatic N) is 2. The monoisotopic (exact) mass is 466 g/mol. The molecule has 2 aliphatic heterocycles. The summed E-state index contributed by atoms with van der Waals surface area (Å²) in [6.07, 6.45) is 3.76. The molecule has 3 atom stereocenters. The second kappa shape index (κ2) is 10.9. The van der Waals surface area contributed by atoms with Crippen LogP contribution in [0.4, 0.5) is 0 Å². The SMILES string of the molecule is O=C(C[S@](=O)c1ccccc1)[C@@H]1CCCN1C(=O)[C@@H]1CCCN1C(=O)CCc1ccccc1. The molecule has 4 rings (SSSR count). The van der Waals surface area contributed by atoms with E-state index in [0.29, 0.717) is 43.7 Å². The molecule has 2 aromatic carbocycles. The van der Waals surface area contributed by atoms with Crippen LogP contribution in [0.3, 0.4) is 0 Å². The van der Waals surface area contributed by atoms with Gasteiger partial charge in [-0.15, -0.1) is 0 Å². The highest BCUT2D eigenvalue weighted by Gasteiger charge is 2.41. The van der Waals surface area contributed by atoms with Gasteiger partial charge in [0.15, 0.2) is 5.78 Å². The molecule has 174 valence electrons. The number of ketones is 1. The second-order valence-electron chi connectivity index (χ2n) is 8.69. The van der Waals surface area contributed by atoms with E-state index in [0.717, 1.165) is 18.4 Å². The van der Waals surface area contributed by atoms with Crippen LogP contribution in [0.1, 0.15) is 37.7 Å². The number of likely N-dealkylation sites (tertiary alicyclic amines) is 2. The molecule has 6 nitrogen and oxygen atoms in total. The summed E-state index contributed by atoms with van der Waals surface area (Å²) in [6.45, 7) is 1.09. The van der Waals surface area contributed by atoms with Gasteiger partial charge in [-0.2, -0.15) is 0 Å². The average molecular weight is 467 g/mol. The van der Waals surface area contributed by atoms with Crippen molar-refractivity contribution in [2.24, 2.45) is 0 Å². The first-order valence-corrected chi connectivity index (χ1v) is 13.0. The van der Waals surface area contributed by atoms with E-state index in [4.69, 9.17) is 0 Å². The van der Waals surface area contributed by atoms with Crippen LogP contribution in [0.2, 0.25) is 0 Å². The summed E-state index contributed by atoms with van der Waals surface area (Å²) in [5.41, 5.74) is 1.10. The molecule has 0 N–H and O–H groups in total. The molecule has 0 spiro atoms. The molecule has 33 heavy (non-hydrogen) atoms. The second-order valence-corrected chi connectivity index (χ2v) is 10.1. The Labute approximate surface area is 197 Å².